The molecule has 1 aromatic rings. The molecule has 1 aliphatic carbocycles. The van der Waals surface area contributed by atoms with Gasteiger partial charge in [0.25, 0.3) is 0 Å². The summed E-state index contributed by atoms with van der Waals surface area (Å²) in [5.74, 6) is 1.11. The van der Waals surface area contributed by atoms with Crippen LogP contribution in [0, 0.1) is 11.8 Å². The zero-order valence-electron chi connectivity index (χ0n) is 9.80. The molecule has 1 unspecified atom stereocenters. The zero-order valence-corrected chi connectivity index (χ0v) is 9.80. The van der Waals surface area contributed by atoms with Crippen LogP contribution < -0.4 is 0 Å². The van der Waals surface area contributed by atoms with Crippen molar-refractivity contribution in [3.63, 3.8) is 0 Å². The molecule has 0 spiro atoms. The average Bonchev–Trinajstić information content (AvgIpc) is 3.03. The van der Waals surface area contributed by atoms with Crippen LogP contribution in [0.4, 0.5) is 0 Å². The van der Waals surface area contributed by atoms with Crippen molar-refractivity contribution in [1.82, 2.24) is 4.90 Å². The molecule has 2 heterocycles. The van der Waals surface area contributed by atoms with Crippen LogP contribution in [0.5, 0.6) is 0 Å². The molecule has 0 radical (unpaired) electrons. The molecular weight excluding hydrogens is 214 g/mol. The quantitative estimate of drug-likeness (QED) is 0.736. The monoisotopic (exact) mass is 229 g/mol. The summed E-state index contributed by atoms with van der Waals surface area (Å²) >= 11 is 0. The first-order chi connectivity index (χ1) is 8.22. The van der Waals surface area contributed by atoms with E-state index in [-0.39, 0.29) is 17.7 Å². The topological polar surface area (TPSA) is 29.5 Å². The highest BCUT2D eigenvalue weighted by Gasteiger charge is 2.69. The number of piperidine rings is 1. The van der Waals surface area contributed by atoms with Crippen molar-refractivity contribution >= 4 is 5.91 Å². The fraction of sp³-hybridized carbons (Fsp3) is 0.500. The fourth-order valence-electron chi connectivity index (χ4n) is 3.51. The number of benzene rings is 1. The number of hydrogen-bond acceptors (Lipinski definition) is 2. The molecule has 3 nitrogen and oxygen atoms in total. The van der Waals surface area contributed by atoms with Crippen LogP contribution in [0.2, 0.25) is 0 Å². The van der Waals surface area contributed by atoms with Gasteiger partial charge in [0.05, 0.1) is 12.1 Å². The maximum absolute atomic E-state index is 12.3. The molecule has 3 aliphatic rings. The number of fused-ring (bicyclic) bond motifs is 3. The Morgan fingerprint density at radius 3 is 2.88 bits per heavy atom. The van der Waals surface area contributed by atoms with Gasteiger partial charge in [-0.1, -0.05) is 30.3 Å². The molecule has 0 bridgehead atoms. The predicted molar refractivity (Wildman–Crippen MR) is 62.0 cm³/mol. The van der Waals surface area contributed by atoms with Crippen molar-refractivity contribution < 1.29 is 9.53 Å². The molecule has 3 fully saturated rings. The summed E-state index contributed by atoms with van der Waals surface area (Å²) in [6.07, 6.45) is 0.901. The van der Waals surface area contributed by atoms with Crippen LogP contribution in [0.3, 0.4) is 0 Å². The number of carbonyl (C=O) groups is 1. The fourth-order valence-corrected chi connectivity index (χ4v) is 3.51. The molecule has 1 saturated carbocycles. The summed E-state index contributed by atoms with van der Waals surface area (Å²) in [6, 6.07) is 10.0. The van der Waals surface area contributed by atoms with Crippen molar-refractivity contribution in [1.29, 1.82) is 0 Å². The van der Waals surface area contributed by atoms with Crippen molar-refractivity contribution in [3.8, 4) is 0 Å². The van der Waals surface area contributed by atoms with E-state index in [2.05, 4.69) is 6.92 Å². The average molecular weight is 229 g/mol. The van der Waals surface area contributed by atoms with Crippen LogP contribution in [0.1, 0.15) is 25.1 Å². The summed E-state index contributed by atoms with van der Waals surface area (Å²) in [4.78, 5) is 14.3. The lowest BCUT2D eigenvalue weighted by atomic mass is 9.98. The second-order valence-electron chi connectivity index (χ2n) is 5.59. The Bertz CT molecular complexity index is 486. The van der Waals surface area contributed by atoms with Crippen LogP contribution in [0.25, 0.3) is 0 Å². The SMILES string of the molecule is C[C@@]12CO[C@@H](c3ccccc3)N1C(=O)[C@@H]1CC12. The summed E-state index contributed by atoms with van der Waals surface area (Å²) in [7, 11) is 0. The normalized spacial score (nSPS) is 42.5. The molecule has 4 atom stereocenters. The van der Waals surface area contributed by atoms with E-state index in [1.54, 1.807) is 0 Å². The van der Waals surface area contributed by atoms with E-state index in [1.165, 1.54) is 0 Å². The van der Waals surface area contributed by atoms with Gasteiger partial charge in [0.15, 0.2) is 6.23 Å². The van der Waals surface area contributed by atoms with E-state index in [4.69, 9.17) is 4.74 Å². The number of nitrogens with zero attached hydrogens (tertiary/aromatic N) is 1. The van der Waals surface area contributed by atoms with Crippen LogP contribution in [-0.4, -0.2) is 23.0 Å². The second-order valence-corrected chi connectivity index (χ2v) is 5.59. The standard InChI is InChI=1S/C14H15NO2/c1-14-8-17-13(9-5-3-2-4-6-9)15(14)12(16)10-7-11(10)14/h2-6,10-11,13H,7-8H2,1H3/t10-,11?,13+,14+/m1/s1. The van der Waals surface area contributed by atoms with E-state index >= 15 is 0 Å². The summed E-state index contributed by atoms with van der Waals surface area (Å²) in [5, 5.41) is 0. The molecule has 4 rings (SSSR count). The van der Waals surface area contributed by atoms with E-state index < -0.39 is 0 Å². The second kappa shape index (κ2) is 2.91. The highest BCUT2D eigenvalue weighted by molar-refractivity contribution is 5.87. The first kappa shape index (κ1) is 9.66. The third-order valence-electron chi connectivity index (χ3n) is 4.55. The van der Waals surface area contributed by atoms with Gasteiger partial charge in [0.1, 0.15) is 0 Å². The molecule has 3 heteroatoms. The minimum absolute atomic E-state index is 0.0533. The number of rotatable bonds is 1. The summed E-state index contributed by atoms with van der Waals surface area (Å²) < 4.78 is 5.88. The Morgan fingerprint density at radius 1 is 1.35 bits per heavy atom. The third kappa shape index (κ3) is 1.08. The van der Waals surface area contributed by atoms with Gasteiger partial charge >= 0.3 is 0 Å². The molecule has 2 aliphatic heterocycles. The van der Waals surface area contributed by atoms with Gasteiger partial charge in [-0.2, -0.15) is 0 Å². The molecule has 0 aromatic heterocycles. The zero-order chi connectivity index (χ0) is 11.6. The Labute approximate surface area is 100 Å². The van der Waals surface area contributed by atoms with Crippen molar-refractivity contribution in [3.05, 3.63) is 35.9 Å². The molecule has 88 valence electrons. The lowest BCUT2D eigenvalue weighted by molar-refractivity contribution is -0.138. The number of hydrogen-bond donors (Lipinski definition) is 0. The first-order valence-corrected chi connectivity index (χ1v) is 6.21. The van der Waals surface area contributed by atoms with Gasteiger partial charge in [-0.15, -0.1) is 0 Å². The maximum atomic E-state index is 12.3. The smallest absolute Gasteiger partial charge is 0.228 e. The largest absolute Gasteiger partial charge is 0.351 e. The Morgan fingerprint density at radius 2 is 2.12 bits per heavy atom. The van der Waals surface area contributed by atoms with Crippen LogP contribution >= 0.6 is 0 Å². The maximum Gasteiger partial charge on any atom is 0.228 e. The van der Waals surface area contributed by atoms with Crippen LogP contribution in [-0.2, 0) is 9.53 Å². The van der Waals surface area contributed by atoms with Gasteiger partial charge in [-0.05, 0) is 19.3 Å². The highest BCUT2D eigenvalue weighted by Crippen LogP contribution is 2.61. The Balaban J connectivity index is 1.75. The van der Waals surface area contributed by atoms with E-state index in [1.807, 2.05) is 35.2 Å². The summed E-state index contributed by atoms with van der Waals surface area (Å²) in [6.45, 7) is 2.85. The molecule has 0 N–H and O–H groups in total. The Hall–Kier alpha value is -1.35. The van der Waals surface area contributed by atoms with Gasteiger partial charge in [-0.25, -0.2) is 0 Å². The van der Waals surface area contributed by atoms with E-state index in [0.29, 0.717) is 18.4 Å². The van der Waals surface area contributed by atoms with Gasteiger partial charge in [0.2, 0.25) is 5.91 Å². The lowest BCUT2D eigenvalue weighted by Gasteiger charge is -2.32. The Kier molecular flexibility index (Phi) is 1.65. The molecule has 1 amide bonds. The number of amides is 1. The van der Waals surface area contributed by atoms with Crippen LogP contribution in [0.15, 0.2) is 30.3 Å². The molecule has 1 aromatic carbocycles. The predicted octanol–water partition coefficient (Wildman–Crippen LogP) is 1.95. The van der Waals surface area contributed by atoms with Crippen molar-refractivity contribution in [2.45, 2.75) is 25.1 Å². The highest BCUT2D eigenvalue weighted by atomic mass is 16.5. The molecule has 17 heavy (non-hydrogen) atoms. The minimum Gasteiger partial charge on any atom is -0.351 e. The first-order valence-electron chi connectivity index (χ1n) is 6.21. The van der Waals surface area contributed by atoms with E-state index in [0.717, 1.165) is 12.0 Å². The van der Waals surface area contributed by atoms with Gasteiger partial charge in [0, 0.05) is 11.5 Å². The minimum atomic E-state index is -0.165. The van der Waals surface area contributed by atoms with Gasteiger partial charge < -0.3 is 9.64 Å². The number of carbonyl (C=O) groups excluding carboxylic acids is 1. The lowest BCUT2D eigenvalue weighted by Crippen LogP contribution is -2.44. The molecule has 2 saturated heterocycles. The van der Waals surface area contributed by atoms with E-state index in [9.17, 15) is 4.79 Å². The summed E-state index contributed by atoms with van der Waals surface area (Å²) in [5.41, 5.74) is 1.04. The van der Waals surface area contributed by atoms with Gasteiger partial charge in [-0.3, -0.25) is 4.79 Å². The third-order valence-corrected chi connectivity index (χ3v) is 4.55. The number of ether oxygens (including phenoxy) is 1. The van der Waals surface area contributed by atoms with Crippen molar-refractivity contribution in [2.75, 3.05) is 6.61 Å². The molecular formula is C14H15NO2. The van der Waals surface area contributed by atoms with Crippen molar-refractivity contribution in [2.24, 2.45) is 11.8 Å².